The first-order valence-corrected chi connectivity index (χ1v) is 5.35. The Hall–Kier alpha value is -1.15. The lowest BCUT2D eigenvalue weighted by molar-refractivity contribution is -0.112. The Balaban J connectivity index is 2.28. The summed E-state index contributed by atoms with van der Waals surface area (Å²) in [5.74, 6) is 0. The second kappa shape index (κ2) is 4.15. The summed E-state index contributed by atoms with van der Waals surface area (Å²) in [6.45, 7) is 0. The van der Waals surface area contributed by atoms with E-state index >= 15 is 0 Å². The number of hydrogen-bond acceptors (Lipinski definition) is 2. The van der Waals surface area contributed by atoms with Gasteiger partial charge in [0.25, 0.3) is 0 Å². The maximum absolute atomic E-state index is 11.3. The Kier molecular flexibility index (Phi) is 2.87. The van der Waals surface area contributed by atoms with E-state index in [9.17, 15) is 4.79 Å². The summed E-state index contributed by atoms with van der Waals surface area (Å²) in [6.07, 6.45) is 4.03. The highest BCUT2D eigenvalue weighted by Crippen LogP contribution is 2.40. The van der Waals surface area contributed by atoms with Crippen LogP contribution in [0.15, 0.2) is 30.3 Å². The Morgan fingerprint density at radius 2 is 2.13 bits per heavy atom. The topological polar surface area (TPSA) is 26.3 Å². The van der Waals surface area contributed by atoms with Crippen molar-refractivity contribution in [2.75, 3.05) is 7.11 Å². The van der Waals surface area contributed by atoms with E-state index in [1.807, 2.05) is 30.3 Å². The van der Waals surface area contributed by atoms with Gasteiger partial charge in [-0.05, 0) is 24.8 Å². The van der Waals surface area contributed by atoms with E-state index in [2.05, 4.69) is 0 Å². The molecular formula is C13H16O2. The minimum Gasteiger partial charge on any atom is -0.381 e. The van der Waals surface area contributed by atoms with Crippen LogP contribution in [-0.2, 0) is 14.9 Å². The molecule has 0 aliphatic heterocycles. The molecule has 1 unspecified atom stereocenters. The van der Waals surface area contributed by atoms with Crippen molar-refractivity contribution in [2.45, 2.75) is 30.8 Å². The Labute approximate surface area is 90.3 Å². The lowest BCUT2D eigenvalue weighted by atomic mass is 9.80. The SMILES string of the molecule is CO[C@@H]1CCC(C=O)(c2ccccc2)C1. The van der Waals surface area contributed by atoms with E-state index in [1.165, 1.54) is 0 Å². The van der Waals surface area contributed by atoms with Crippen LogP contribution >= 0.6 is 0 Å². The highest BCUT2D eigenvalue weighted by Gasteiger charge is 2.40. The molecule has 2 atom stereocenters. The lowest BCUT2D eigenvalue weighted by Gasteiger charge is -2.22. The zero-order valence-electron chi connectivity index (χ0n) is 8.98. The molecule has 0 amide bonds. The number of hydrogen-bond donors (Lipinski definition) is 0. The standard InChI is InChI=1S/C13H16O2/c1-15-12-7-8-13(9-12,10-14)11-5-3-2-4-6-11/h2-6,10,12H,7-9H2,1H3/t12-,13?/m1/s1. The molecule has 1 aromatic rings. The van der Waals surface area contributed by atoms with Crippen molar-refractivity contribution in [3.63, 3.8) is 0 Å². The Bertz CT molecular complexity index is 334. The minimum absolute atomic E-state index is 0.232. The van der Waals surface area contributed by atoms with E-state index in [4.69, 9.17) is 4.74 Å². The number of benzene rings is 1. The monoisotopic (exact) mass is 204 g/mol. The molecule has 0 aromatic heterocycles. The summed E-state index contributed by atoms with van der Waals surface area (Å²) in [6, 6.07) is 10.0. The predicted molar refractivity (Wildman–Crippen MR) is 58.8 cm³/mol. The zero-order chi connectivity index (χ0) is 10.7. The van der Waals surface area contributed by atoms with Crippen molar-refractivity contribution in [3.8, 4) is 0 Å². The van der Waals surface area contributed by atoms with Crippen LogP contribution in [0.1, 0.15) is 24.8 Å². The summed E-state index contributed by atoms with van der Waals surface area (Å²) in [5.41, 5.74) is 0.821. The molecule has 1 aliphatic carbocycles. The van der Waals surface area contributed by atoms with Crippen LogP contribution in [0.25, 0.3) is 0 Å². The second-order valence-corrected chi connectivity index (χ2v) is 4.24. The van der Waals surface area contributed by atoms with Crippen molar-refractivity contribution in [3.05, 3.63) is 35.9 Å². The lowest BCUT2D eigenvalue weighted by Crippen LogP contribution is -2.25. The molecule has 80 valence electrons. The second-order valence-electron chi connectivity index (χ2n) is 4.24. The summed E-state index contributed by atoms with van der Waals surface area (Å²) in [5, 5.41) is 0. The first-order valence-electron chi connectivity index (χ1n) is 5.35. The fourth-order valence-corrected chi connectivity index (χ4v) is 2.44. The third-order valence-corrected chi connectivity index (χ3v) is 3.41. The van der Waals surface area contributed by atoms with Crippen LogP contribution in [0.3, 0.4) is 0 Å². The van der Waals surface area contributed by atoms with Crippen LogP contribution in [-0.4, -0.2) is 19.5 Å². The fourth-order valence-electron chi connectivity index (χ4n) is 2.44. The van der Waals surface area contributed by atoms with Crippen molar-refractivity contribution in [2.24, 2.45) is 0 Å². The van der Waals surface area contributed by atoms with Crippen molar-refractivity contribution in [1.29, 1.82) is 0 Å². The van der Waals surface area contributed by atoms with Crippen LogP contribution in [0.5, 0.6) is 0 Å². The van der Waals surface area contributed by atoms with Crippen molar-refractivity contribution < 1.29 is 9.53 Å². The van der Waals surface area contributed by atoms with Gasteiger partial charge >= 0.3 is 0 Å². The molecule has 1 saturated carbocycles. The zero-order valence-corrected chi connectivity index (χ0v) is 8.98. The Morgan fingerprint density at radius 1 is 1.40 bits per heavy atom. The number of carbonyl (C=O) groups excluding carboxylic acids is 1. The quantitative estimate of drug-likeness (QED) is 0.706. The van der Waals surface area contributed by atoms with Gasteiger partial charge < -0.3 is 9.53 Å². The average molecular weight is 204 g/mol. The fraction of sp³-hybridized carbons (Fsp3) is 0.462. The molecule has 0 spiro atoms. The van der Waals surface area contributed by atoms with Gasteiger partial charge in [0.1, 0.15) is 6.29 Å². The van der Waals surface area contributed by atoms with Gasteiger partial charge in [0.2, 0.25) is 0 Å². The van der Waals surface area contributed by atoms with E-state index in [-0.39, 0.29) is 11.5 Å². The molecule has 0 saturated heterocycles. The number of carbonyl (C=O) groups is 1. The molecule has 1 fully saturated rings. The highest BCUT2D eigenvalue weighted by atomic mass is 16.5. The molecule has 0 heterocycles. The molecule has 0 bridgehead atoms. The third-order valence-electron chi connectivity index (χ3n) is 3.41. The van der Waals surface area contributed by atoms with E-state index < -0.39 is 0 Å². The Morgan fingerprint density at radius 3 is 2.67 bits per heavy atom. The molecule has 0 radical (unpaired) electrons. The molecular weight excluding hydrogens is 188 g/mol. The van der Waals surface area contributed by atoms with Crippen molar-refractivity contribution in [1.82, 2.24) is 0 Å². The first-order chi connectivity index (χ1) is 7.30. The van der Waals surface area contributed by atoms with Crippen LogP contribution < -0.4 is 0 Å². The molecule has 1 aliphatic rings. The molecule has 2 rings (SSSR count). The van der Waals surface area contributed by atoms with E-state index in [0.29, 0.717) is 0 Å². The number of aldehydes is 1. The largest absolute Gasteiger partial charge is 0.381 e. The highest BCUT2D eigenvalue weighted by molar-refractivity contribution is 5.69. The average Bonchev–Trinajstić information content (AvgIpc) is 2.75. The first kappa shape index (κ1) is 10.4. The number of methoxy groups -OCH3 is 1. The normalized spacial score (nSPS) is 30.3. The van der Waals surface area contributed by atoms with Gasteiger partial charge in [0, 0.05) is 7.11 Å². The van der Waals surface area contributed by atoms with Crippen LogP contribution in [0.4, 0.5) is 0 Å². The number of ether oxygens (including phenoxy) is 1. The summed E-state index contributed by atoms with van der Waals surface area (Å²) in [7, 11) is 1.72. The van der Waals surface area contributed by atoms with Gasteiger partial charge in [0.05, 0.1) is 11.5 Å². The maximum Gasteiger partial charge on any atom is 0.130 e. The third kappa shape index (κ3) is 1.82. The van der Waals surface area contributed by atoms with Gasteiger partial charge in [-0.15, -0.1) is 0 Å². The smallest absolute Gasteiger partial charge is 0.130 e. The van der Waals surface area contributed by atoms with Crippen LogP contribution in [0.2, 0.25) is 0 Å². The van der Waals surface area contributed by atoms with Gasteiger partial charge in [0.15, 0.2) is 0 Å². The van der Waals surface area contributed by atoms with Crippen LogP contribution in [0, 0.1) is 0 Å². The predicted octanol–water partition coefficient (Wildman–Crippen LogP) is 2.32. The number of rotatable bonds is 3. The van der Waals surface area contributed by atoms with E-state index in [0.717, 1.165) is 31.1 Å². The molecule has 1 aromatic carbocycles. The molecule has 15 heavy (non-hydrogen) atoms. The van der Waals surface area contributed by atoms with Gasteiger partial charge in [-0.2, -0.15) is 0 Å². The molecule has 2 heteroatoms. The van der Waals surface area contributed by atoms with Gasteiger partial charge in [-0.1, -0.05) is 30.3 Å². The maximum atomic E-state index is 11.3. The van der Waals surface area contributed by atoms with Gasteiger partial charge in [-0.3, -0.25) is 0 Å². The minimum atomic E-state index is -0.304. The molecule has 2 nitrogen and oxygen atoms in total. The van der Waals surface area contributed by atoms with Crippen molar-refractivity contribution >= 4 is 6.29 Å². The molecule has 0 N–H and O–H groups in total. The summed E-state index contributed by atoms with van der Waals surface area (Å²) in [4.78, 5) is 11.3. The summed E-state index contributed by atoms with van der Waals surface area (Å²) >= 11 is 0. The summed E-state index contributed by atoms with van der Waals surface area (Å²) < 4.78 is 5.33. The van der Waals surface area contributed by atoms with E-state index in [1.54, 1.807) is 7.11 Å². The van der Waals surface area contributed by atoms with Gasteiger partial charge in [-0.25, -0.2) is 0 Å².